The number of carbonyl (C=O) groups is 1. The number of anilines is 1. The molecule has 0 fully saturated rings. The summed E-state index contributed by atoms with van der Waals surface area (Å²) in [7, 11) is -4.01. The van der Waals surface area contributed by atoms with Crippen molar-refractivity contribution in [3.8, 4) is 0 Å². The molecular formula is C18H18F4N2O3S. The molecule has 1 amide bonds. The van der Waals surface area contributed by atoms with Gasteiger partial charge < -0.3 is 5.32 Å². The van der Waals surface area contributed by atoms with Crippen LogP contribution in [0.5, 0.6) is 0 Å². The van der Waals surface area contributed by atoms with Gasteiger partial charge in [0.2, 0.25) is 15.9 Å². The Hall–Kier alpha value is -2.62. The summed E-state index contributed by atoms with van der Waals surface area (Å²) in [6, 6.07) is 8.13. The highest BCUT2D eigenvalue weighted by atomic mass is 32.2. The average Bonchev–Trinajstić information content (AvgIpc) is 2.60. The Kier molecular flexibility index (Phi) is 6.33. The maximum absolute atomic E-state index is 14.1. The zero-order valence-electron chi connectivity index (χ0n) is 15.0. The molecule has 0 bridgehead atoms. The molecule has 0 spiro atoms. The fourth-order valence-electron chi connectivity index (χ4n) is 2.61. The first-order valence-electron chi connectivity index (χ1n) is 8.09. The molecule has 2 aromatic rings. The molecule has 0 saturated heterocycles. The third-order valence-corrected chi connectivity index (χ3v) is 5.13. The normalized spacial score (nSPS) is 13.1. The SMILES string of the molecule is CC(C(=O)NCc1cccc(C(F)(F)F)c1)N(c1ccccc1F)S(C)(=O)=O. The summed E-state index contributed by atoms with van der Waals surface area (Å²) in [5, 5.41) is 2.38. The van der Waals surface area contributed by atoms with Crippen molar-refractivity contribution in [3.63, 3.8) is 0 Å². The summed E-state index contributed by atoms with van der Waals surface area (Å²) in [5.74, 6) is -1.61. The van der Waals surface area contributed by atoms with Gasteiger partial charge in [0.1, 0.15) is 11.9 Å². The highest BCUT2D eigenvalue weighted by Gasteiger charge is 2.32. The van der Waals surface area contributed by atoms with Crippen LogP contribution in [0.25, 0.3) is 0 Å². The van der Waals surface area contributed by atoms with E-state index in [-0.39, 0.29) is 17.8 Å². The molecule has 10 heteroatoms. The lowest BCUT2D eigenvalue weighted by Gasteiger charge is -2.28. The van der Waals surface area contributed by atoms with Crippen molar-refractivity contribution in [1.29, 1.82) is 0 Å². The van der Waals surface area contributed by atoms with Crippen molar-refractivity contribution in [3.05, 3.63) is 65.5 Å². The van der Waals surface area contributed by atoms with Gasteiger partial charge in [-0.2, -0.15) is 13.2 Å². The summed E-state index contributed by atoms with van der Waals surface area (Å²) in [5.41, 5.74) is -0.977. The molecule has 2 aromatic carbocycles. The second kappa shape index (κ2) is 8.17. The minimum atomic E-state index is -4.52. The Balaban J connectivity index is 2.20. The van der Waals surface area contributed by atoms with E-state index in [1.165, 1.54) is 37.3 Å². The topological polar surface area (TPSA) is 66.5 Å². The summed E-state index contributed by atoms with van der Waals surface area (Å²) >= 11 is 0. The minimum absolute atomic E-state index is 0.187. The van der Waals surface area contributed by atoms with Crippen LogP contribution >= 0.6 is 0 Å². The third kappa shape index (κ3) is 5.22. The van der Waals surface area contributed by atoms with Crippen LogP contribution in [0, 0.1) is 5.82 Å². The van der Waals surface area contributed by atoms with Crippen LogP contribution < -0.4 is 9.62 Å². The number of amides is 1. The molecule has 5 nitrogen and oxygen atoms in total. The van der Waals surface area contributed by atoms with E-state index in [0.717, 1.165) is 24.5 Å². The molecule has 0 heterocycles. The van der Waals surface area contributed by atoms with Gasteiger partial charge in [-0.3, -0.25) is 9.10 Å². The molecule has 152 valence electrons. The third-order valence-electron chi connectivity index (χ3n) is 3.90. The Morgan fingerprint density at radius 1 is 1.14 bits per heavy atom. The maximum Gasteiger partial charge on any atom is 0.416 e. The van der Waals surface area contributed by atoms with E-state index in [1.54, 1.807) is 0 Å². The first-order valence-corrected chi connectivity index (χ1v) is 9.94. The number of para-hydroxylation sites is 1. The van der Waals surface area contributed by atoms with E-state index >= 15 is 0 Å². The van der Waals surface area contributed by atoms with Gasteiger partial charge in [0.15, 0.2) is 0 Å². The quantitative estimate of drug-likeness (QED) is 0.732. The van der Waals surface area contributed by atoms with E-state index in [1.807, 2.05) is 0 Å². The van der Waals surface area contributed by atoms with Crippen LogP contribution in [0.3, 0.4) is 0 Å². The van der Waals surface area contributed by atoms with Crippen LogP contribution in [-0.2, 0) is 27.5 Å². The molecule has 1 N–H and O–H groups in total. The zero-order valence-corrected chi connectivity index (χ0v) is 15.8. The maximum atomic E-state index is 14.1. The van der Waals surface area contributed by atoms with Gasteiger partial charge in [-0.1, -0.05) is 24.3 Å². The van der Waals surface area contributed by atoms with Crippen LogP contribution in [0.15, 0.2) is 48.5 Å². The van der Waals surface area contributed by atoms with E-state index in [2.05, 4.69) is 5.32 Å². The number of alkyl halides is 3. The Labute approximate surface area is 160 Å². The smallest absolute Gasteiger partial charge is 0.350 e. The largest absolute Gasteiger partial charge is 0.416 e. The van der Waals surface area contributed by atoms with Gasteiger partial charge in [0.25, 0.3) is 0 Å². The fourth-order valence-corrected chi connectivity index (χ4v) is 3.78. The Morgan fingerprint density at radius 3 is 2.36 bits per heavy atom. The number of nitrogens with one attached hydrogen (secondary N) is 1. The first kappa shape index (κ1) is 21.7. The van der Waals surface area contributed by atoms with Crippen molar-refractivity contribution >= 4 is 21.6 Å². The van der Waals surface area contributed by atoms with E-state index in [9.17, 15) is 30.8 Å². The van der Waals surface area contributed by atoms with Crippen molar-refractivity contribution in [2.45, 2.75) is 25.7 Å². The van der Waals surface area contributed by atoms with Crippen molar-refractivity contribution in [2.24, 2.45) is 0 Å². The molecule has 2 rings (SSSR count). The Bertz CT molecular complexity index is 961. The second-order valence-electron chi connectivity index (χ2n) is 6.10. The number of rotatable bonds is 6. The van der Waals surface area contributed by atoms with Crippen LogP contribution in [0.1, 0.15) is 18.1 Å². The number of nitrogens with zero attached hydrogens (tertiary/aromatic N) is 1. The van der Waals surface area contributed by atoms with Crippen molar-refractivity contribution in [2.75, 3.05) is 10.6 Å². The highest BCUT2D eigenvalue weighted by Crippen LogP contribution is 2.29. The summed E-state index contributed by atoms with van der Waals surface area (Å²) in [6.07, 6.45) is -3.69. The zero-order chi connectivity index (χ0) is 21.1. The van der Waals surface area contributed by atoms with E-state index in [0.29, 0.717) is 4.31 Å². The lowest BCUT2D eigenvalue weighted by Crippen LogP contribution is -2.48. The lowest BCUT2D eigenvalue weighted by molar-refractivity contribution is -0.137. The lowest BCUT2D eigenvalue weighted by atomic mass is 10.1. The minimum Gasteiger partial charge on any atom is -0.350 e. The van der Waals surface area contributed by atoms with Crippen LogP contribution in [0.4, 0.5) is 23.2 Å². The molecule has 0 aromatic heterocycles. The summed E-state index contributed by atoms with van der Waals surface area (Å²) < 4.78 is 77.2. The van der Waals surface area contributed by atoms with E-state index < -0.39 is 39.5 Å². The van der Waals surface area contributed by atoms with Gasteiger partial charge >= 0.3 is 6.18 Å². The number of hydrogen-bond donors (Lipinski definition) is 1. The fraction of sp³-hybridized carbons (Fsp3) is 0.278. The molecule has 1 unspecified atom stereocenters. The first-order chi connectivity index (χ1) is 12.9. The standard InChI is InChI=1S/C18H18F4N2O3S/c1-12(24(28(2,26)27)16-9-4-3-8-15(16)19)17(25)23-11-13-6-5-7-14(10-13)18(20,21)22/h3-10,12H,11H2,1-2H3,(H,23,25). The van der Waals surface area contributed by atoms with Gasteiger partial charge in [-0.15, -0.1) is 0 Å². The second-order valence-corrected chi connectivity index (χ2v) is 7.96. The summed E-state index contributed by atoms with van der Waals surface area (Å²) in [6.45, 7) is 1.01. The number of hydrogen-bond acceptors (Lipinski definition) is 3. The van der Waals surface area contributed by atoms with Gasteiger partial charge in [0.05, 0.1) is 17.5 Å². The van der Waals surface area contributed by atoms with Gasteiger partial charge in [-0.25, -0.2) is 12.8 Å². The predicted molar refractivity (Wildman–Crippen MR) is 96.5 cm³/mol. The molecule has 0 radical (unpaired) electrons. The van der Waals surface area contributed by atoms with E-state index in [4.69, 9.17) is 0 Å². The van der Waals surface area contributed by atoms with Crippen LogP contribution in [0.2, 0.25) is 0 Å². The van der Waals surface area contributed by atoms with Crippen LogP contribution in [-0.4, -0.2) is 26.6 Å². The molecular weight excluding hydrogens is 400 g/mol. The number of carbonyl (C=O) groups excluding carboxylic acids is 1. The van der Waals surface area contributed by atoms with Crippen molar-refractivity contribution in [1.82, 2.24) is 5.32 Å². The van der Waals surface area contributed by atoms with Gasteiger partial charge in [-0.05, 0) is 36.8 Å². The molecule has 0 saturated carbocycles. The van der Waals surface area contributed by atoms with Gasteiger partial charge in [0, 0.05) is 6.54 Å². The average molecular weight is 418 g/mol. The Morgan fingerprint density at radius 2 is 1.79 bits per heavy atom. The number of halogens is 4. The number of sulfonamides is 1. The molecule has 1 atom stereocenters. The predicted octanol–water partition coefficient (Wildman–Crippen LogP) is 3.32. The number of benzene rings is 2. The highest BCUT2D eigenvalue weighted by molar-refractivity contribution is 7.92. The molecule has 0 aliphatic carbocycles. The van der Waals surface area contributed by atoms with Crippen molar-refractivity contribution < 1.29 is 30.8 Å². The summed E-state index contributed by atoms with van der Waals surface area (Å²) in [4.78, 5) is 12.4. The molecule has 0 aliphatic heterocycles. The molecule has 0 aliphatic rings. The monoisotopic (exact) mass is 418 g/mol. The molecule has 28 heavy (non-hydrogen) atoms.